The topological polar surface area (TPSA) is 52.1 Å². The summed E-state index contributed by atoms with van der Waals surface area (Å²) in [5.41, 5.74) is 0. The fourth-order valence-electron chi connectivity index (χ4n) is 3.96. The molecule has 0 aromatic rings. The van der Waals surface area contributed by atoms with Crippen LogP contribution in [0.4, 0.5) is 0 Å². The molecule has 0 aromatic carbocycles. The third-order valence-corrected chi connectivity index (χ3v) is 5.99. The standard InChI is InChI=1S/C20H41N5O/c1-16(2)19(25-10-12-26-13-11-25)15-23-20(21-5)22-14-18(4)24-8-6-17(3)7-9-24/h16-19H,6-15H2,1-5H3,(H2,21,22,23). The molecule has 2 N–H and O–H groups in total. The molecule has 2 saturated heterocycles. The third kappa shape index (κ3) is 6.71. The Morgan fingerprint density at radius 3 is 2.19 bits per heavy atom. The minimum Gasteiger partial charge on any atom is -0.379 e. The van der Waals surface area contributed by atoms with Crippen molar-refractivity contribution < 1.29 is 4.74 Å². The number of guanidine groups is 1. The number of ether oxygens (including phenoxy) is 1. The average molecular weight is 368 g/mol. The first kappa shape index (κ1) is 21.5. The van der Waals surface area contributed by atoms with Gasteiger partial charge in [-0.05, 0) is 44.7 Å². The van der Waals surface area contributed by atoms with Crippen molar-refractivity contribution in [2.75, 3.05) is 59.5 Å². The average Bonchev–Trinajstić information content (AvgIpc) is 2.65. The van der Waals surface area contributed by atoms with Crippen LogP contribution in [0.25, 0.3) is 0 Å². The van der Waals surface area contributed by atoms with Crippen molar-refractivity contribution in [3.05, 3.63) is 0 Å². The van der Waals surface area contributed by atoms with Crippen LogP contribution in [0.1, 0.15) is 40.5 Å². The van der Waals surface area contributed by atoms with E-state index < -0.39 is 0 Å². The first-order chi connectivity index (χ1) is 12.5. The fourth-order valence-corrected chi connectivity index (χ4v) is 3.96. The lowest BCUT2D eigenvalue weighted by Gasteiger charge is -2.37. The highest BCUT2D eigenvalue weighted by atomic mass is 16.5. The highest BCUT2D eigenvalue weighted by Crippen LogP contribution is 2.17. The van der Waals surface area contributed by atoms with Crippen LogP contribution in [0, 0.1) is 11.8 Å². The lowest BCUT2D eigenvalue weighted by Crippen LogP contribution is -2.53. The molecule has 2 fully saturated rings. The van der Waals surface area contributed by atoms with Gasteiger partial charge in [0.15, 0.2) is 5.96 Å². The van der Waals surface area contributed by atoms with Gasteiger partial charge in [-0.15, -0.1) is 0 Å². The number of aliphatic imine (C=N–C) groups is 1. The van der Waals surface area contributed by atoms with Crippen LogP contribution in [0.2, 0.25) is 0 Å². The zero-order valence-electron chi connectivity index (χ0n) is 17.6. The summed E-state index contributed by atoms with van der Waals surface area (Å²) >= 11 is 0. The predicted octanol–water partition coefficient (Wildman–Crippen LogP) is 1.63. The normalized spacial score (nSPS) is 23.8. The molecule has 26 heavy (non-hydrogen) atoms. The zero-order chi connectivity index (χ0) is 18.9. The molecular weight excluding hydrogens is 326 g/mol. The number of nitrogens with zero attached hydrogens (tertiary/aromatic N) is 3. The van der Waals surface area contributed by atoms with E-state index in [-0.39, 0.29) is 0 Å². The van der Waals surface area contributed by atoms with Gasteiger partial charge < -0.3 is 15.4 Å². The highest BCUT2D eigenvalue weighted by molar-refractivity contribution is 5.79. The minimum atomic E-state index is 0.512. The van der Waals surface area contributed by atoms with Crippen molar-refractivity contribution >= 4 is 5.96 Å². The van der Waals surface area contributed by atoms with Crippen LogP contribution < -0.4 is 10.6 Å². The van der Waals surface area contributed by atoms with Crippen LogP contribution in [0.3, 0.4) is 0 Å². The molecule has 2 rings (SSSR count). The summed E-state index contributed by atoms with van der Waals surface area (Å²) in [4.78, 5) is 9.58. The van der Waals surface area contributed by atoms with Gasteiger partial charge in [-0.3, -0.25) is 14.8 Å². The molecule has 2 unspecified atom stereocenters. The summed E-state index contributed by atoms with van der Waals surface area (Å²) in [5.74, 6) is 2.41. The van der Waals surface area contributed by atoms with E-state index in [0.29, 0.717) is 18.0 Å². The smallest absolute Gasteiger partial charge is 0.191 e. The van der Waals surface area contributed by atoms with E-state index in [1.165, 1.54) is 25.9 Å². The van der Waals surface area contributed by atoms with Crippen molar-refractivity contribution in [2.45, 2.75) is 52.6 Å². The van der Waals surface area contributed by atoms with Crippen molar-refractivity contribution in [2.24, 2.45) is 16.8 Å². The molecular formula is C20H41N5O. The molecule has 0 bridgehead atoms. The summed E-state index contributed by atoms with van der Waals surface area (Å²) in [7, 11) is 1.86. The van der Waals surface area contributed by atoms with Crippen LogP contribution in [-0.4, -0.2) is 87.4 Å². The number of nitrogens with one attached hydrogen (secondary N) is 2. The highest BCUT2D eigenvalue weighted by Gasteiger charge is 2.24. The Balaban J connectivity index is 1.75. The number of hydrogen-bond donors (Lipinski definition) is 2. The molecule has 0 saturated carbocycles. The maximum atomic E-state index is 5.50. The lowest BCUT2D eigenvalue weighted by atomic mass is 9.98. The minimum absolute atomic E-state index is 0.512. The van der Waals surface area contributed by atoms with E-state index in [9.17, 15) is 0 Å². The van der Waals surface area contributed by atoms with Crippen LogP contribution in [-0.2, 0) is 4.74 Å². The van der Waals surface area contributed by atoms with E-state index in [1.807, 2.05) is 7.05 Å². The van der Waals surface area contributed by atoms with Gasteiger partial charge in [-0.2, -0.15) is 0 Å². The number of likely N-dealkylation sites (tertiary alicyclic amines) is 1. The van der Waals surface area contributed by atoms with Gasteiger partial charge in [0, 0.05) is 45.3 Å². The largest absolute Gasteiger partial charge is 0.379 e. The molecule has 2 heterocycles. The summed E-state index contributed by atoms with van der Waals surface area (Å²) < 4.78 is 5.50. The maximum absolute atomic E-state index is 5.50. The van der Waals surface area contributed by atoms with Gasteiger partial charge in [0.2, 0.25) is 0 Å². The third-order valence-electron chi connectivity index (χ3n) is 5.99. The van der Waals surface area contributed by atoms with Gasteiger partial charge in [0.25, 0.3) is 0 Å². The summed E-state index contributed by atoms with van der Waals surface area (Å²) in [6.45, 7) is 17.4. The Bertz CT molecular complexity index is 414. The molecule has 0 aliphatic carbocycles. The Morgan fingerprint density at radius 2 is 1.62 bits per heavy atom. The maximum Gasteiger partial charge on any atom is 0.191 e. The van der Waals surface area contributed by atoms with Crippen molar-refractivity contribution in [3.8, 4) is 0 Å². The van der Waals surface area contributed by atoms with Crippen molar-refractivity contribution in [3.63, 3.8) is 0 Å². The quantitative estimate of drug-likeness (QED) is 0.529. The van der Waals surface area contributed by atoms with Gasteiger partial charge in [-0.25, -0.2) is 0 Å². The van der Waals surface area contributed by atoms with Crippen molar-refractivity contribution in [1.82, 2.24) is 20.4 Å². The molecule has 0 amide bonds. The molecule has 6 heteroatoms. The van der Waals surface area contributed by atoms with E-state index in [4.69, 9.17) is 4.74 Å². The van der Waals surface area contributed by atoms with Crippen LogP contribution in [0.15, 0.2) is 4.99 Å². The fraction of sp³-hybridized carbons (Fsp3) is 0.950. The second-order valence-electron chi connectivity index (χ2n) is 8.36. The lowest BCUT2D eigenvalue weighted by molar-refractivity contribution is 0.00751. The van der Waals surface area contributed by atoms with Crippen LogP contribution >= 0.6 is 0 Å². The molecule has 2 aliphatic rings. The van der Waals surface area contributed by atoms with E-state index >= 15 is 0 Å². The molecule has 0 aromatic heterocycles. The summed E-state index contributed by atoms with van der Waals surface area (Å²) in [6.07, 6.45) is 2.65. The Hall–Kier alpha value is -0.850. The number of hydrogen-bond acceptors (Lipinski definition) is 4. The summed E-state index contributed by atoms with van der Waals surface area (Å²) in [5, 5.41) is 7.08. The number of piperidine rings is 1. The van der Waals surface area contributed by atoms with Gasteiger partial charge in [-0.1, -0.05) is 20.8 Å². The van der Waals surface area contributed by atoms with Gasteiger partial charge in [0.05, 0.1) is 13.2 Å². The number of rotatable bonds is 7. The molecule has 2 aliphatic heterocycles. The zero-order valence-corrected chi connectivity index (χ0v) is 17.6. The summed E-state index contributed by atoms with van der Waals surface area (Å²) in [6, 6.07) is 1.06. The van der Waals surface area contributed by atoms with Gasteiger partial charge in [0.1, 0.15) is 0 Å². The van der Waals surface area contributed by atoms with E-state index in [2.05, 4.69) is 53.1 Å². The van der Waals surface area contributed by atoms with E-state index in [1.54, 1.807) is 0 Å². The Kier molecular flexibility index (Phi) is 9.16. The van der Waals surface area contributed by atoms with Crippen LogP contribution in [0.5, 0.6) is 0 Å². The molecule has 2 atom stereocenters. The second-order valence-corrected chi connectivity index (χ2v) is 8.36. The first-order valence-electron chi connectivity index (χ1n) is 10.5. The molecule has 152 valence electrons. The molecule has 0 spiro atoms. The van der Waals surface area contributed by atoms with Crippen molar-refractivity contribution in [1.29, 1.82) is 0 Å². The predicted molar refractivity (Wildman–Crippen MR) is 110 cm³/mol. The van der Waals surface area contributed by atoms with E-state index in [0.717, 1.165) is 51.3 Å². The second kappa shape index (κ2) is 11.1. The van der Waals surface area contributed by atoms with Gasteiger partial charge >= 0.3 is 0 Å². The molecule has 6 nitrogen and oxygen atoms in total. The SMILES string of the molecule is CN=C(NCC(C)N1CCC(C)CC1)NCC(C(C)C)N1CCOCC1. The number of morpholine rings is 1. The first-order valence-corrected chi connectivity index (χ1v) is 10.5. The Labute approximate surface area is 160 Å². The Morgan fingerprint density at radius 1 is 1.00 bits per heavy atom. The molecule has 0 radical (unpaired) electrons. The monoisotopic (exact) mass is 367 g/mol.